The molecule has 0 atom stereocenters. The van der Waals surface area contributed by atoms with Crippen LogP contribution in [0.3, 0.4) is 0 Å². The van der Waals surface area contributed by atoms with Crippen molar-refractivity contribution >= 4 is 28.4 Å². The van der Waals surface area contributed by atoms with Crippen molar-refractivity contribution in [3.63, 3.8) is 0 Å². The first-order chi connectivity index (χ1) is 11.3. The van der Waals surface area contributed by atoms with Crippen LogP contribution >= 0.6 is 11.3 Å². The lowest BCUT2D eigenvalue weighted by Crippen LogP contribution is -2.19. The van der Waals surface area contributed by atoms with Gasteiger partial charge in [-0.2, -0.15) is 5.10 Å². The van der Waals surface area contributed by atoms with Crippen LogP contribution in [0.1, 0.15) is 11.3 Å². The van der Waals surface area contributed by atoms with E-state index in [2.05, 4.69) is 15.5 Å². The zero-order valence-corrected chi connectivity index (χ0v) is 12.7. The SMILES string of the molecule is O=C(Cc1cn2ccsc2n1)N/N=C\c1ccc2c(c1)OCO2. The second kappa shape index (κ2) is 5.73. The van der Waals surface area contributed by atoms with Gasteiger partial charge in [0.25, 0.3) is 0 Å². The molecular weight excluding hydrogens is 316 g/mol. The van der Waals surface area contributed by atoms with Gasteiger partial charge in [0.2, 0.25) is 12.7 Å². The molecule has 3 heterocycles. The van der Waals surface area contributed by atoms with Crippen LogP contribution in [0.15, 0.2) is 41.1 Å². The number of rotatable bonds is 4. The molecule has 0 bridgehead atoms. The van der Waals surface area contributed by atoms with Gasteiger partial charge in [0.1, 0.15) is 0 Å². The molecule has 1 N–H and O–H groups in total. The van der Waals surface area contributed by atoms with E-state index in [1.54, 1.807) is 6.21 Å². The minimum absolute atomic E-state index is 0.187. The minimum Gasteiger partial charge on any atom is -0.454 e. The molecular formula is C15H12N4O3S. The van der Waals surface area contributed by atoms with Crippen molar-refractivity contribution in [3.8, 4) is 11.5 Å². The van der Waals surface area contributed by atoms with Crippen LogP contribution in [-0.4, -0.2) is 28.3 Å². The zero-order chi connectivity index (χ0) is 15.6. The lowest BCUT2D eigenvalue weighted by atomic mass is 10.2. The molecule has 3 aromatic rings. The minimum atomic E-state index is -0.215. The van der Waals surface area contributed by atoms with Crippen LogP contribution in [-0.2, 0) is 11.2 Å². The quantitative estimate of drug-likeness (QED) is 0.585. The lowest BCUT2D eigenvalue weighted by Gasteiger charge is -1.98. The molecule has 4 rings (SSSR count). The van der Waals surface area contributed by atoms with Gasteiger partial charge in [-0.15, -0.1) is 11.3 Å². The van der Waals surface area contributed by atoms with Crippen molar-refractivity contribution in [1.82, 2.24) is 14.8 Å². The van der Waals surface area contributed by atoms with E-state index >= 15 is 0 Å². The van der Waals surface area contributed by atoms with Gasteiger partial charge in [-0.3, -0.25) is 9.20 Å². The number of imidazole rings is 1. The summed E-state index contributed by atoms with van der Waals surface area (Å²) in [4.78, 5) is 17.1. The first-order valence-corrected chi connectivity index (χ1v) is 7.78. The summed E-state index contributed by atoms with van der Waals surface area (Å²) < 4.78 is 12.4. The van der Waals surface area contributed by atoms with Crippen molar-refractivity contribution in [3.05, 3.63) is 47.2 Å². The fraction of sp³-hybridized carbons (Fsp3) is 0.133. The van der Waals surface area contributed by atoms with Gasteiger partial charge >= 0.3 is 0 Å². The van der Waals surface area contributed by atoms with Gasteiger partial charge in [-0.05, 0) is 23.8 Å². The Bertz CT molecular complexity index is 871. The van der Waals surface area contributed by atoms with Gasteiger partial charge in [-0.25, -0.2) is 10.4 Å². The summed E-state index contributed by atoms with van der Waals surface area (Å²) in [6.45, 7) is 0.231. The second-order valence-corrected chi connectivity index (χ2v) is 5.78. The lowest BCUT2D eigenvalue weighted by molar-refractivity contribution is -0.120. The maximum absolute atomic E-state index is 11.9. The van der Waals surface area contributed by atoms with Crippen LogP contribution in [0, 0.1) is 0 Å². The summed E-state index contributed by atoms with van der Waals surface area (Å²) in [7, 11) is 0. The van der Waals surface area contributed by atoms with Gasteiger partial charge in [0.05, 0.1) is 18.3 Å². The summed E-state index contributed by atoms with van der Waals surface area (Å²) in [6, 6.07) is 5.46. The first-order valence-electron chi connectivity index (χ1n) is 6.90. The van der Waals surface area contributed by atoms with Crippen molar-refractivity contribution in [2.45, 2.75) is 6.42 Å². The molecule has 116 valence electrons. The molecule has 8 heteroatoms. The van der Waals surface area contributed by atoms with E-state index < -0.39 is 0 Å². The number of amides is 1. The summed E-state index contributed by atoms with van der Waals surface area (Å²) in [6.07, 6.45) is 5.50. The predicted octanol–water partition coefficient (Wildman–Crippen LogP) is 1.82. The molecule has 1 aliphatic heterocycles. The maximum Gasteiger partial charge on any atom is 0.246 e. The fourth-order valence-electron chi connectivity index (χ4n) is 2.24. The summed E-state index contributed by atoms with van der Waals surface area (Å²) in [5, 5.41) is 5.90. The zero-order valence-electron chi connectivity index (χ0n) is 11.9. The molecule has 0 saturated heterocycles. The maximum atomic E-state index is 11.9. The number of carbonyl (C=O) groups excluding carboxylic acids is 1. The number of hydrogen-bond donors (Lipinski definition) is 1. The highest BCUT2D eigenvalue weighted by molar-refractivity contribution is 7.15. The van der Waals surface area contributed by atoms with E-state index in [9.17, 15) is 4.79 Å². The number of hydrazone groups is 1. The Morgan fingerprint density at radius 3 is 3.26 bits per heavy atom. The molecule has 2 aromatic heterocycles. The molecule has 1 amide bonds. The number of thiazole rings is 1. The van der Waals surface area contributed by atoms with E-state index in [1.807, 2.05) is 40.4 Å². The van der Waals surface area contributed by atoms with Crippen molar-refractivity contribution in [2.75, 3.05) is 6.79 Å². The van der Waals surface area contributed by atoms with E-state index in [0.717, 1.165) is 10.5 Å². The van der Waals surface area contributed by atoms with Gasteiger partial charge in [-0.1, -0.05) is 0 Å². The molecule has 0 fully saturated rings. The number of benzene rings is 1. The largest absolute Gasteiger partial charge is 0.454 e. The van der Waals surface area contributed by atoms with Crippen LogP contribution in [0.25, 0.3) is 4.96 Å². The Balaban J connectivity index is 1.36. The number of ether oxygens (including phenoxy) is 2. The smallest absolute Gasteiger partial charge is 0.246 e. The number of nitrogens with zero attached hydrogens (tertiary/aromatic N) is 3. The number of carbonyl (C=O) groups is 1. The molecule has 0 aliphatic carbocycles. The van der Waals surface area contributed by atoms with Gasteiger partial charge in [0.15, 0.2) is 16.5 Å². The highest BCUT2D eigenvalue weighted by Crippen LogP contribution is 2.31. The first kappa shape index (κ1) is 13.8. The molecule has 1 aromatic carbocycles. The van der Waals surface area contributed by atoms with E-state index in [0.29, 0.717) is 17.2 Å². The van der Waals surface area contributed by atoms with E-state index in [1.165, 1.54) is 11.3 Å². The average Bonchev–Trinajstić information content (AvgIpc) is 3.21. The van der Waals surface area contributed by atoms with Crippen molar-refractivity contribution in [2.24, 2.45) is 5.10 Å². The molecule has 0 spiro atoms. The molecule has 0 saturated carbocycles. The Morgan fingerprint density at radius 2 is 2.35 bits per heavy atom. The molecule has 0 radical (unpaired) electrons. The highest BCUT2D eigenvalue weighted by atomic mass is 32.1. The second-order valence-electron chi connectivity index (χ2n) is 4.91. The van der Waals surface area contributed by atoms with Crippen LogP contribution in [0.2, 0.25) is 0 Å². The van der Waals surface area contributed by atoms with Crippen molar-refractivity contribution < 1.29 is 14.3 Å². The Morgan fingerprint density at radius 1 is 1.43 bits per heavy atom. The standard InChI is InChI=1S/C15H12N4O3S/c20-14(6-11-8-19-3-4-23-15(19)17-11)18-16-7-10-1-2-12-13(5-10)22-9-21-12/h1-5,7-8H,6,9H2,(H,18,20)/b16-7-. The van der Waals surface area contributed by atoms with Crippen LogP contribution in [0.4, 0.5) is 0 Å². The summed E-state index contributed by atoms with van der Waals surface area (Å²) in [5.74, 6) is 1.18. The Labute approximate surface area is 135 Å². The monoisotopic (exact) mass is 328 g/mol. The number of nitrogens with one attached hydrogen (secondary N) is 1. The number of hydrogen-bond acceptors (Lipinski definition) is 6. The van der Waals surface area contributed by atoms with E-state index in [4.69, 9.17) is 9.47 Å². The van der Waals surface area contributed by atoms with E-state index in [-0.39, 0.29) is 19.1 Å². The molecule has 0 unspecified atom stereocenters. The molecule has 1 aliphatic rings. The third-order valence-corrected chi connectivity index (χ3v) is 4.06. The Hall–Kier alpha value is -2.87. The molecule has 23 heavy (non-hydrogen) atoms. The van der Waals surface area contributed by atoms with Gasteiger partial charge in [0, 0.05) is 17.8 Å². The number of fused-ring (bicyclic) bond motifs is 2. The summed E-state index contributed by atoms with van der Waals surface area (Å²) in [5.41, 5.74) is 4.03. The number of aromatic nitrogens is 2. The fourth-order valence-corrected chi connectivity index (χ4v) is 2.96. The topological polar surface area (TPSA) is 77.2 Å². The third-order valence-electron chi connectivity index (χ3n) is 3.28. The third kappa shape index (κ3) is 2.88. The van der Waals surface area contributed by atoms with Crippen molar-refractivity contribution in [1.29, 1.82) is 0 Å². The summed E-state index contributed by atoms with van der Waals surface area (Å²) >= 11 is 1.53. The highest BCUT2D eigenvalue weighted by Gasteiger charge is 2.12. The van der Waals surface area contributed by atoms with Crippen LogP contribution in [0.5, 0.6) is 11.5 Å². The molecule has 7 nitrogen and oxygen atoms in total. The normalized spacial score (nSPS) is 13.0. The van der Waals surface area contributed by atoms with Gasteiger partial charge < -0.3 is 9.47 Å². The van der Waals surface area contributed by atoms with Crippen LogP contribution < -0.4 is 14.9 Å². The predicted molar refractivity (Wildman–Crippen MR) is 85.1 cm³/mol. The average molecular weight is 328 g/mol. The Kier molecular flexibility index (Phi) is 3.43.